The minimum atomic E-state index is -1.69. The van der Waals surface area contributed by atoms with E-state index in [9.17, 15) is 8.60 Å². The molecule has 0 bridgehead atoms. The van der Waals surface area contributed by atoms with Crippen molar-refractivity contribution in [3.8, 4) is 0 Å². The minimum absolute atomic E-state index is 0.175. The second-order valence-corrected chi connectivity index (χ2v) is 9.25. The third kappa shape index (κ3) is 4.12. The zero-order chi connectivity index (χ0) is 20.3. The van der Waals surface area contributed by atoms with E-state index in [2.05, 4.69) is 17.1 Å². The molecular formula is C19H25FN4O2S2. The third-order valence-corrected chi connectivity index (χ3v) is 7.65. The average molecular weight is 425 g/mol. The Morgan fingerprint density at radius 3 is 2.39 bits per heavy atom. The molecule has 3 aliphatic rings. The molecule has 2 aromatic rings. The van der Waals surface area contributed by atoms with Crippen LogP contribution in [0.5, 0.6) is 0 Å². The van der Waals surface area contributed by atoms with Crippen LogP contribution in [0.4, 0.5) is 10.1 Å². The molecule has 9 heteroatoms. The van der Waals surface area contributed by atoms with Gasteiger partial charge in [-0.15, -0.1) is 11.3 Å². The van der Waals surface area contributed by atoms with Gasteiger partial charge in [0, 0.05) is 29.2 Å². The molecule has 0 radical (unpaired) electrons. The summed E-state index contributed by atoms with van der Waals surface area (Å²) in [5.74, 6) is -0.381. The summed E-state index contributed by atoms with van der Waals surface area (Å²) in [6.45, 7) is 1.37. The fraction of sp³-hybridized carbons (Fsp3) is 0.421. The highest BCUT2D eigenvalue weighted by Crippen LogP contribution is 2.37. The van der Waals surface area contributed by atoms with E-state index in [1.54, 1.807) is 0 Å². The van der Waals surface area contributed by atoms with Gasteiger partial charge < -0.3 is 16.8 Å². The summed E-state index contributed by atoms with van der Waals surface area (Å²) < 4.78 is 24.6. The normalized spacial score (nSPS) is 16.8. The molecule has 6 nitrogen and oxygen atoms in total. The van der Waals surface area contributed by atoms with Gasteiger partial charge in [-0.25, -0.2) is 13.7 Å². The van der Waals surface area contributed by atoms with Crippen LogP contribution in [0.2, 0.25) is 0 Å². The Hall–Kier alpha value is -1.81. The van der Waals surface area contributed by atoms with E-state index in [4.69, 9.17) is 15.7 Å². The number of benzene rings is 1. The quantitative estimate of drug-likeness (QED) is 0.409. The largest absolute Gasteiger partial charge is 0.398 e. The number of nitrogens with two attached hydrogens (primary N) is 3. The molecular weight excluding hydrogens is 399 g/mol. The molecule has 1 aromatic carbocycles. The van der Waals surface area contributed by atoms with Gasteiger partial charge in [0.1, 0.15) is 15.2 Å². The van der Waals surface area contributed by atoms with Crippen molar-refractivity contribution < 1.29 is 13.4 Å². The molecule has 7 N–H and O–H groups in total. The number of carbonyl (C=O) groups excluding carboxylic acids is 1. The summed E-state index contributed by atoms with van der Waals surface area (Å²) in [5, 5.41) is 8.21. The van der Waals surface area contributed by atoms with Gasteiger partial charge in [-0.2, -0.15) is 0 Å². The Balaban J connectivity index is 0.000000142. The lowest BCUT2D eigenvalue weighted by molar-refractivity contribution is -0.106. The molecule has 2 heterocycles. The van der Waals surface area contributed by atoms with Gasteiger partial charge in [0.15, 0.2) is 5.82 Å². The number of hydrogen-bond donors (Lipinski definition) is 4. The zero-order valence-electron chi connectivity index (χ0n) is 15.6. The molecule has 2 aliphatic carbocycles. The first-order valence-electron chi connectivity index (χ1n) is 9.22. The summed E-state index contributed by atoms with van der Waals surface area (Å²) in [6.07, 6.45) is 7.30. The molecule has 0 saturated carbocycles. The zero-order valence-corrected chi connectivity index (χ0v) is 17.2. The van der Waals surface area contributed by atoms with Gasteiger partial charge in [0.05, 0.1) is 0 Å². The summed E-state index contributed by atoms with van der Waals surface area (Å²) in [5.41, 5.74) is 18.0. The molecule has 152 valence electrons. The number of nitrogen functional groups attached to an aromatic ring is 1. The van der Waals surface area contributed by atoms with Gasteiger partial charge >= 0.3 is 0 Å². The van der Waals surface area contributed by atoms with Crippen molar-refractivity contribution >= 4 is 34.4 Å². The van der Waals surface area contributed by atoms with Crippen molar-refractivity contribution in [2.24, 2.45) is 10.9 Å². The van der Waals surface area contributed by atoms with Crippen LogP contribution in [-0.2, 0) is 54.4 Å². The topological polar surface area (TPSA) is 124 Å². The highest BCUT2D eigenvalue weighted by Gasteiger charge is 2.24. The standard InChI is InChI=1S/C11H13N.C7H9FN2OS2.CH3NO/c12-11-9-3-1-2-7(9)6-8-4-5-10(8)11;8-6-4-3-10-2-1-5(4)12-7(6)13(9)11;2-1-3/h6H,1-5,12H2;10H,1-3,9H2;1H,(H2,2,3). The molecule has 28 heavy (non-hydrogen) atoms. The highest BCUT2D eigenvalue weighted by atomic mass is 32.2. The number of halogens is 1. The van der Waals surface area contributed by atoms with Crippen LogP contribution in [-0.4, -0.2) is 17.2 Å². The number of thiophene rings is 1. The maximum atomic E-state index is 13.5. The first kappa shape index (κ1) is 20.9. The summed E-state index contributed by atoms with van der Waals surface area (Å²) in [4.78, 5) is 9.56. The van der Waals surface area contributed by atoms with Gasteiger partial charge in [0.2, 0.25) is 6.41 Å². The lowest BCUT2D eigenvalue weighted by Gasteiger charge is -2.23. The Kier molecular flexibility index (Phi) is 6.82. The summed E-state index contributed by atoms with van der Waals surface area (Å²) in [6, 6.07) is 2.39. The number of amides is 1. The number of fused-ring (bicyclic) bond motifs is 3. The van der Waals surface area contributed by atoms with Crippen molar-refractivity contribution in [3.63, 3.8) is 0 Å². The number of carbonyl (C=O) groups is 1. The molecule has 1 aromatic heterocycles. The van der Waals surface area contributed by atoms with E-state index in [0.29, 0.717) is 12.1 Å². The molecule has 0 spiro atoms. The lowest BCUT2D eigenvalue weighted by Crippen LogP contribution is -2.22. The van der Waals surface area contributed by atoms with Crippen LogP contribution in [0.15, 0.2) is 10.3 Å². The van der Waals surface area contributed by atoms with Crippen molar-refractivity contribution in [1.29, 1.82) is 0 Å². The maximum absolute atomic E-state index is 13.5. The molecule has 0 fully saturated rings. The fourth-order valence-electron chi connectivity index (χ4n) is 3.87. The van der Waals surface area contributed by atoms with E-state index in [0.717, 1.165) is 23.5 Å². The van der Waals surface area contributed by atoms with E-state index < -0.39 is 11.0 Å². The van der Waals surface area contributed by atoms with Crippen LogP contribution in [0.25, 0.3) is 0 Å². The second-order valence-electron chi connectivity index (χ2n) is 6.88. The van der Waals surface area contributed by atoms with E-state index >= 15 is 0 Å². The van der Waals surface area contributed by atoms with E-state index in [1.165, 1.54) is 65.7 Å². The van der Waals surface area contributed by atoms with Gasteiger partial charge in [-0.3, -0.25) is 4.79 Å². The summed E-state index contributed by atoms with van der Waals surface area (Å²) in [7, 11) is -1.69. The number of anilines is 1. The van der Waals surface area contributed by atoms with E-state index in [-0.39, 0.29) is 16.4 Å². The van der Waals surface area contributed by atoms with Crippen LogP contribution >= 0.6 is 11.3 Å². The predicted molar refractivity (Wildman–Crippen MR) is 111 cm³/mol. The SMILES string of the molecule is NC=O.NS(=O)c1sc2c(c1F)CNCC2.Nc1c2c(cc3c1CC3)CCC2. The molecule has 1 aliphatic heterocycles. The molecule has 1 unspecified atom stereocenters. The van der Waals surface area contributed by atoms with Gasteiger partial charge in [0.25, 0.3) is 0 Å². The first-order chi connectivity index (χ1) is 13.5. The molecule has 5 rings (SSSR count). The molecule has 1 amide bonds. The smallest absolute Gasteiger partial charge is 0.204 e. The van der Waals surface area contributed by atoms with Crippen LogP contribution in [0.3, 0.4) is 0 Å². The van der Waals surface area contributed by atoms with Crippen LogP contribution in [0.1, 0.15) is 39.1 Å². The fourth-order valence-corrected chi connectivity index (χ4v) is 5.73. The third-order valence-electron chi connectivity index (χ3n) is 5.30. The number of hydrogen-bond acceptors (Lipinski definition) is 5. The maximum Gasteiger partial charge on any atom is 0.204 e. The monoisotopic (exact) mass is 424 g/mol. The van der Waals surface area contributed by atoms with Crippen molar-refractivity contribution in [2.75, 3.05) is 12.3 Å². The first-order valence-corrected chi connectivity index (χ1v) is 11.2. The van der Waals surface area contributed by atoms with E-state index in [1.807, 2.05) is 0 Å². The number of aryl methyl sites for hydroxylation is 2. The predicted octanol–water partition coefficient (Wildman–Crippen LogP) is 1.47. The Bertz CT molecular complexity index is 914. The number of nitrogens with one attached hydrogen (secondary N) is 1. The minimum Gasteiger partial charge on any atom is -0.398 e. The number of rotatable bonds is 1. The Labute approximate surface area is 170 Å². The van der Waals surface area contributed by atoms with Crippen LogP contribution in [0, 0.1) is 5.82 Å². The van der Waals surface area contributed by atoms with Crippen LogP contribution < -0.4 is 21.9 Å². The number of primary amides is 1. The van der Waals surface area contributed by atoms with Crippen molar-refractivity contribution in [2.45, 2.75) is 49.3 Å². The molecule has 1 atom stereocenters. The Morgan fingerprint density at radius 2 is 1.79 bits per heavy atom. The van der Waals surface area contributed by atoms with Crippen molar-refractivity contribution in [3.05, 3.63) is 44.6 Å². The Morgan fingerprint density at radius 1 is 1.11 bits per heavy atom. The average Bonchev–Trinajstić information content (AvgIpc) is 3.24. The lowest BCUT2D eigenvalue weighted by atomic mass is 9.84. The highest BCUT2D eigenvalue weighted by molar-refractivity contribution is 7.85. The van der Waals surface area contributed by atoms with Crippen molar-refractivity contribution in [1.82, 2.24) is 5.32 Å². The molecule has 0 saturated heterocycles. The van der Waals surface area contributed by atoms with Gasteiger partial charge in [-0.1, -0.05) is 6.07 Å². The summed E-state index contributed by atoms with van der Waals surface area (Å²) >= 11 is 1.23. The van der Waals surface area contributed by atoms with Gasteiger partial charge in [-0.05, 0) is 60.8 Å². The second kappa shape index (κ2) is 9.13.